The van der Waals surface area contributed by atoms with E-state index in [4.69, 9.17) is 0 Å². The number of amides is 6. The Morgan fingerprint density at radius 2 is 0.710 bits per heavy atom. The highest BCUT2D eigenvalue weighted by atomic mass is 16.2. The molecule has 0 fully saturated rings. The van der Waals surface area contributed by atoms with Gasteiger partial charge in [0.1, 0.15) is 6.42 Å². The topological polar surface area (TPSA) is 133 Å². The van der Waals surface area contributed by atoms with Crippen molar-refractivity contribution in [3.05, 3.63) is 143 Å². The Labute approximate surface area is 363 Å². The number of carbonyl (C=O) groups excluding carboxylic acids is 6. The van der Waals surface area contributed by atoms with Crippen LogP contribution in [-0.4, -0.2) is 71.4 Å². The molecule has 2 heterocycles. The zero-order valence-electron chi connectivity index (χ0n) is 37.0. The average molecular weight is 833 g/mol. The lowest BCUT2D eigenvalue weighted by molar-refractivity contribution is -0.129. The molecule has 7 aromatic carbocycles. The first-order valence-electron chi connectivity index (χ1n) is 21.7. The fraction of sp³-hybridized carbons (Fsp3) is 0.269. The van der Waals surface area contributed by atoms with Crippen molar-refractivity contribution in [1.29, 1.82) is 0 Å². The lowest BCUT2D eigenvalue weighted by Crippen LogP contribution is -2.40. The second kappa shape index (κ2) is 21.0. The van der Waals surface area contributed by atoms with Crippen LogP contribution in [0.2, 0.25) is 0 Å². The molecular weight excluding hydrogens is 777 g/mol. The molecule has 7 aromatic rings. The summed E-state index contributed by atoms with van der Waals surface area (Å²) < 4.78 is 0. The number of fused-ring (bicyclic) bond motifs is 2. The van der Waals surface area contributed by atoms with E-state index in [-0.39, 0.29) is 41.9 Å². The first kappa shape index (κ1) is 46.1. The Morgan fingerprint density at radius 1 is 0.419 bits per heavy atom. The third-order valence-corrected chi connectivity index (χ3v) is 10.6. The van der Waals surface area contributed by atoms with Crippen molar-refractivity contribution in [3.63, 3.8) is 0 Å². The molecule has 2 aliphatic rings. The van der Waals surface area contributed by atoms with Gasteiger partial charge in [-0.3, -0.25) is 38.6 Å². The lowest BCUT2D eigenvalue weighted by atomic mass is 9.82. The molecule has 0 radical (unpaired) electrons. The zero-order chi connectivity index (χ0) is 45.1. The number of rotatable bonds is 8. The first-order chi connectivity index (χ1) is 30.1. The zero-order valence-corrected chi connectivity index (χ0v) is 37.0. The fourth-order valence-corrected chi connectivity index (χ4v) is 8.03. The van der Waals surface area contributed by atoms with Crippen molar-refractivity contribution in [2.24, 2.45) is 0 Å². The molecule has 6 amide bonds. The van der Waals surface area contributed by atoms with Gasteiger partial charge >= 0.3 is 0 Å². The van der Waals surface area contributed by atoms with Crippen molar-refractivity contribution in [1.82, 2.24) is 20.4 Å². The van der Waals surface area contributed by atoms with E-state index in [1.807, 2.05) is 65.8 Å². The van der Waals surface area contributed by atoms with Gasteiger partial charge in [-0.2, -0.15) is 0 Å². The van der Waals surface area contributed by atoms with Gasteiger partial charge in [-0.25, -0.2) is 0 Å². The van der Waals surface area contributed by atoms with Gasteiger partial charge in [0, 0.05) is 59.2 Å². The summed E-state index contributed by atoms with van der Waals surface area (Å²) in [6.45, 7) is 17.0. The number of nitrogens with zero attached hydrogens (tertiary/aromatic N) is 2. The van der Waals surface area contributed by atoms with E-state index in [2.05, 4.69) is 71.3 Å². The van der Waals surface area contributed by atoms with Crippen molar-refractivity contribution >= 4 is 78.5 Å². The molecule has 2 N–H and O–H groups in total. The van der Waals surface area contributed by atoms with Gasteiger partial charge in [0.05, 0.1) is 0 Å². The van der Waals surface area contributed by atoms with Crippen molar-refractivity contribution < 1.29 is 28.8 Å². The van der Waals surface area contributed by atoms with Gasteiger partial charge in [-0.1, -0.05) is 113 Å². The van der Waals surface area contributed by atoms with E-state index in [1.165, 1.54) is 20.9 Å². The van der Waals surface area contributed by atoms with E-state index >= 15 is 0 Å². The van der Waals surface area contributed by atoms with Crippen LogP contribution in [0.1, 0.15) is 114 Å². The summed E-state index contributed by atoms with van der Waals surface area (Å²) in [5, 5.41) is 11.8. The largest absolute Gasteiger partial charge is 0.356 e. The molecule has 0 saturated carbocycles. The summed E-state index contributed by atoms with van der Waals surface area (Å²) in [6.07, 6.45) is 0.962. The van der Waals surface area contributed by atoms with Gasteiger partial charge in [-0.15, -0.1) is 0 Å². The van der Waals surface area contributed by atoms with E-state index in [0.29, 0.717) is 59.2 Å². The Balaban J connectivity index is 0.000000214. The highest BCUT2D eigenvalue weighted by Crippen LogP contribution is 2.46. The van der Waals surface area contributed by atoms with E-state index in [1.54, 1.807) is 38.1 Å². The molecule has 0 atom stereocenters. The van der Waals surface area contributed by atoms with E-state index in [9.17, 15) is 28.8 Å². The maximum atomic E-state index is 13.1. The maximum Gasteiger partial charge on any atom is 0.261 e. The molecule has 0 bridgehead atoms. The molecule has 10 heteroatoms. The van der Waals surface area contributed by atoms with Gasteiger partial charge in [0.25, 0.3) is 23.6 Å². The summed E-state index contributed by atoms with van der Waals surface area (Å²) in [7, 11) is 0. The number of hydrogen-bond donors (Lipinski definition) is 2. The Hall–Kier alpha value is -6.94. The molecule has 0 aliphatic carbocycles. The minimum absolute atomic E-state index is 0.0678. The highest BCUT2D eigenvalue weighted by Gasteiger charge is 2.36. The predicted molar refractivity (Wildman–Crippen MR) is 250 cm³/mol. The summed E-state index contributed by atoms with van der Waals surface area (Å²) in [5.74, 6) is -1.57. The monoisotopic (exact) mass is 832 g/mol. The van der Waals surface area contributed by atoms with Crippen molar-refractivity contribution in [2.75, 3.05) is 26.2 Å². The second-order valence-corrected chi connectivity index (χ2v) is 14.1. The van der Waals surface area contributed by atoms with Gasteiger partial charge in [0.2, 0.25) is 11.8 Å². The van der Waals surface area contributed by atoms with Crippen LogP contribution in [0.3, 0.4) is 0 Å². The molecule has 9 rings (SSSR count). The van der Waals surface area contributed by atoms with E-state index in [0.717, 1.165) is 38.7 Å². The summed E-state index contributed by atoms with van der Waals surface area (Å²) in [4.78, 5) is 76.5. The smallest absolute Gasteiger partial charge is 0.261 e. The quantitative estimate of drug-likeness (QED) is 0.0678. The van der Waals surface area contributed by atoms with Crippen LogP contribution in [0.4, 0.5) is 0 Å². The van der Waals surface area contributed by atoms with Crippen molar-refractivity contribution in [3.8, 4) is 0 Å². The van der Waals surface area contributed by atoms with Crippen molar-refractivity contribution in [2.45, 2.75) is 68.2 Å². The maximum absolute atomic E-state index is 13.1. The molecule has 2 aliphatic heterocycles. The minimum atomic E-state index is -0.282. The number of carbonyl (C=O) groups is 6. The summed E-state index contributed by atoms with van der Waals surface area (Å²) in [6, 6.07) is 35.9. The van der Waals surface area contributed by atoms with Gasteiger partial charge in [0.15, 0.2) is 0 Å². The molecule has 0 spiro atoms. The van der Waals surface area contributed by atoms with Crippen LogP contribution >= 0.6 is 0 Å². The predicted octanol–water partition coefficient (Wildman–Crippen LogP) is 9.95. The number of benzene rings is 7. The number of imide groups is 2. The molecule has 10 nitrogen and oxygen atoms in total. The third kappa shape index (κ3) is 8.91. The minimum Gasteiger partial charge on any atom is -0.356 e. The van der Waals surface area contributed by atoms with Crippen LogP contribution in [0.5, 0.6) is 0 Å². The molecule has 0 unspecified atom stereocenters. The van der Waals surface area contributed by atoms with Crippen LogP contribution in [0, 0.1) is 0 Å². The molecular formula is C52H56N4O6. The third-order valence-electron chi connectivity index (χ3n) is 10.6. The van der Waals surface area contributed by atoms with Crippen LogP contribution in [0.25, 0.3) is 43.1 Å². The summed E-state index contributed by atoms with van der Waals surface area (Å²) in [5.41, 5.74) is 4.83. The standard InChI is InChI=1S/C28H18N2O4.C13H12.C7H14N2O2.2C2H6/c1-3-29-25(31)17-9-5-13-15-7-11-19-24-20(28(34)30(4-2)27(19)33)12-8-16(22(15)24)14-6-10-18(26(29)32)23(17)21(13)14;1-3-7-12(8-4-1)11-13-9-5-2-6-10-13;1-3-8-6(10)5-7(11)9-4-2;2*1-2/h5-12H,3-4H2,1-2H3;1-10H,11H2;3-5H2,1-2H3,(H,8,10)(H,9,11);2*1-2H3. The lowest BCUT2D eigenvalue weighted by Gasteiger charge is -2.29. The van der Waals surface area contributed by atoms with Crippen LogP contribution < -0.4 is 10.6 Å². The Morgan fingerprint density at radius 3 is 0.968 bits per heavy atom. The molecule has 320 valence electrons. The fourth-order valence-electron chi connectivity index (χ4n) is 8.03. The Bertz CT molecular complexity index is 2440. The number of hydrogen-bond acceptors (Lipinski definition) is 6. The van der Waals surface area contributed by atoms with E-state index < -0.39 is 0 Å². The molecule has 62 heavy (non-hydrogen) atoms. The SMILES string of the molecule is CC.CC.CCN1C(=O)c2ccc3c4ccc5c6c(ccc(c7ccc(c2c37)C1=O)c64)C(=O)N(CC)C5=O.CCNC(=O)CC(=O)NCC.c1ccc(Cc2ccccc2)cc1. The average Bonchev–Trinajstić information content (AvgIpc) is 3.30. The normalized spacial score (nSPS) is 12.5. The van der Waals surface area contributed by atoms with Crippen LogP contribution in [-0.2, 0) is 16.0 Å². The second-order valence-electron chi connectivity index (χ2n) is 14.1. The number of nitrogens with one attached hydrogen (secondary N) is 2. The van der Waals surface area contributed by atoms with Gasteiger partial charge in [-0.05, 0) is 102 Å². The van der Waals surface area contributed by atoms with Gasteiger partial charge < -0.3 is 10.6 Å². The molecule has 0 saturated heterocycles. The Kier molecular flexibility index (Phi) is 15.7. The molecule has 0 aromatic heterocycles. The highest BCUT2D eigenvalue weighted by molar-refractivity contribution is 6.41. The van der Waals surface area contributed by atoms with Crippen LogP contribution in [0.15, 0.2) is 109 Å². The first-order valence-corrected chi connectivity index (χ1v) is 21.7. The summed E-state index contributed by atoms with van der Waals surface area (Å²) >= 11 is 0.